The minimum Gasteiger partial charge on any atom is -0.345 e. The molecule has 0 spiro atoms. The lowest BCUT2D eigenvalue weighted by molar-refractivity contribution is -0.175. The van der Waals surface area contributed by atoms with Crippen LogP contribution in [-0.2, 0) is 20.9 Å². The third-order valence-electron chi connectivity index (χ3n) is 5.44. The number of rotatable bonds is 12. The highest BCUT2D eigenvalue weighted by Gasteiger charge is 2.36. The van der Waals surface area contributed by atoms with E-state index in [-0.39, 0.29) is 49.6 Å². The first-order valence-corrected chi connectivity index (χ1v) is 12.1. The maximum absolute atomic E-state index is 13.5. The second-order valence-corrected chi connectivity index (χ2v) is 9.44. The summed E-state index contributed by atoms with van der Waals surface area (Å²) in [6, 6.07) is 12.1. The third kappa shape index (κ3) is 9.05. The minimum atomic E-state index is -1.09. The summed E-state index contributed by atoms with van der Waals surface area (Å²) in [5.41, 5.74) is 2.64. The van der Waals surface area contributed by atoms with Crippen molar-refractivity contribution in [3.05, 3.63) is 66.5 Å². The normalized spacial score (nSPS) is 12.2. The molecular weight excluding hydrogens is 444 g/mol. The van der Waals surface area contributed by atoms with E-state index >= 15 is 0 Å². The Kier molecular flexibility index (Phi) is 11.2. The molecule has 1 atom stereocenters. The van der Waals surface area contributed by atoms with Gasteiger partial charge in [-0.25, -0.2) is 15.5 Å². The molecule has 8 nitrogen and oxygen atoms in total. The quantitative estimate of drug-likeness (QED) is 0.351. The molecule has 35 heavy (non-hydrogen) atoms. The summed E-state index contributed by atoms with van der Waals surface area (Å²) < 4.78 is 1.73. The number of amides is 3. The number of hydrazine groups is 1. The summed E-state index contributed by atoms with van der Waals surface area (Å²) in [4.78, 5) is 39.8. The maximum atomic E-state index is 13.5. The van der Waals surface area contributed by atoms with Crippen LogP contribution in [0.4, 0.5) is 0 Å². The average Bonchev–Trinajstić information content (AvgIpc) is 3.34. The molecule has 0 bridgehead atoms. The average molecular weight is 483 g/mol. The number of aromatic nitrogens is 1. The van der Waals surface area contributed by atoms with Gasteiger partial charge in [-0.3, -0.25) is 19.6 Å². The molecule has 0 radical (unpaired) electrons. The van der Waals surface area contributed by atoms with Crippen LogP contribution >= 0.6 is 0 Å². The van der Waals surface area contributed by atoms with E-state index < -0.39 is 11.9 Å². The van der Waals surface area contributed by atoms with E-state index in [0.29, 0.717) is 6.42 Å². The highest BCUT2D eigenvalue weighted by molar-refractivity contribution is 5.89. The van der Waals surface area contributed by atoms with Gasteiger partial charge in [-0.05, 0) is 42.4 Å². The van der Waals surface area contributed by atoms with Crippen LogP contribution in [0.25, 0.3) is 6.08 Å². The number of hydrogen-bond acceptors (Lipinski definition) is 4. The first-order valence-electron chi connectivity index (χ1n) is 12.1. The van der Waals surface area contributed by atoms with Crippen molar-refractivity contribution >= 4 is 23.8 Å². The molecule has 2 aromatic rings. The van der Waals surface area contributed by atoms with Crippen molar-refractivity contribution in [2.45, 2.75) is 59.5 Å². The number of nitrogens with one attached hydrogen (secondary N) is 1. The molecular formula is C27H38N4O4. The van der Waals surface area contributed by atoms with Gasteiger partial charge in [0, 0.05) is 25.4 Å². The Morgan fingerprint density at radius 1 is 0.971 bits per heavy atom. The number of hydrogen-bond donors (Lipinski definition) is 2. The van der Waals surface area contributed by atoms with E-state index in [1.54, 1.807) is 28.5 Å². The van der Waals surface area contributed by atoms with Crippen LogP contribution in [-0.4, -0.2) is 50.1 Å². The molecule has 1 heterocycles. The zero-order chi connectivity index (χ0) is 25.8. The van der Waals surface area contributed by atoms with Crippen LogP contribution in [0.1, 0.15) is 52.5 Å². The standard InChI is InChI=1S/C27H38N4O4/c1-21(2)15-16-25(32)31(30(19-22(3)4)26(33)20-29-17-8-9-18-29)24(27(34)28-35)14-10-13-23-11-6-5-7-12-23/h5-13,17-18,21-22,24,35H,14-16,19-20H2,1-4H3,(H,28,34)/t24-/m0/s1. The van der Waals surface area contributed by atoms with Crippen LogP contribution in [0, 0.1) is 11.8 Å². The highest BCUT2D eigenvalue weighted by atomic mass is 16.5. The predicted octanol–water partition coefficient (Wildman–Crippen LogP) is 4.13. The maximum Gasteiger partial charge on any atom is 0.268 e. The predicted molar refractivity (Wildman–Crippen MR) is 136 cm³/mol. The summed E-state index contributed by atoms with van der Waals surface area (Å²) in [5, 5.41) is 12.1. The van der Waals surface area contributed by atoms with Crippen molar-refractivity contribution in [1.29, 1.82) is 0 Å². The van der Waals surface area contributed by atoms with Crippen molar-refractivity contribution in [2.75, 3.05) is 6.54 Å². The van der Waals surface area contributed by atoms with Gasteiger partial charge in [0.2, 0.25) is 5.91 Å². The first kappa shape index (κ1) is 27.9. The molecule has 2 N–H and O–H groups in total. The molecule has 0 saturated carbocycles. The lowest BCUT2D eigenvalue weighted by atomic mass is 10.1. The number of hydroxylamine groups is 1. The summed E-state index contributed by atoms with van der Waals surface area (Å²) in [7, 11) is 0. The van der Waals surface area contributed by atoms with Gasteiger partial charge in [0.15, 0.2) is 0 Å². The van der Waals surface area contributed by atoms with Gasteiger partial charge in [-0.2, -0.15) is 0 Å². The van der Waals surface area contributed by atoms with Crippen molar-refractivity contribution in [3.63, 3.8) is 0 Å². The van der Waals surface area contributed by atoms with Gasteiger partial charge >= 0.3 is 0 Å². The second-order valence-electron chi connectivity index (χ2n) is 9.44. The van der Waals surface area contributed by atoms with E-state index in [1.807, 2.05) is 76.2 Å². The fourth-order valence-electron chi connectivity index (χ4n) is 3.66. The molecule has 3 amide bonds. The van der Waals surface area contributed by atoms with Crippen molar-refractivity contribution in [3.8, 4) is 0 Å². The van der Waals surface area contributed by atoms with E-state index in [9.17, 15) is 19.6 Å². The fraction of sp³-hybridized carbons (Fsp3) is 0.444. The Hall–Kier alpha value is -3.39. The topological polar surface area (TPSA) is 94.9 Å². The Bertz CT molecular complexity index is 955. The summed E-state index contributed by atoms with van der Waals surface area (Å²) in [6.45, 7) is 8.21. The molecule has 0 aliphatic carbocycles. The van der Waals surface area contributed by atoms with Crippen molar-refractivity contribution in [1.82, 2.24) is 20.1 Å². The molecule has 1 aromatic carbocycles. The fourth-order valence-corrected chi connectivity index (χ4v) is 3.66. The van der Waals surface area contributed by atoms with E-state index in [4.69, 9.17) is 0 Å². The van der Waals surface area contributed by atoms with E-state index in [2.05, 4.69) is 0 Å². The molecule has 0 saturated heterocycles. The number of carbonyl (C=O) groups excluding carboxylic acids is 3. The Morgan fingerprint density at radius 2 is 1.63 bits per heavy atom. The summed E-state index contributed by atoms with van der Waals surface area (Å²) >= 11 is 0. The Morgan fingerprint density at radius 3 is 2.20 bits per heavy atom. The van der Waals surface area contributed by atoms with Crippen LogP contribution in [0.5, 0.6) is 0 Å². The van der Waals surface area contributed by atoms with Gasteiger partial charge in [0.1, 0.15) is 12.6 Å². The van der Waals surface area contributed by atoms with Gasteiger partial charge in [-0.1, -0.05) is 70.2 Å². The molecule has 0 unspecified atom stereocenters. The van der Waals surface area contributed by atoms with Crippen LogP contribution in [0.2, 0.25) is 0 Å². The molecule has 8 heteroatoms. The Balaban J connectivity index is 2.42. The lowest BCUT2D eigenvalue weighted by Gasteiger charge is -2.40. The zero-order valence-electron chi connectivity index (χ0n) is 21.1. The number of nitrogens with zero attached hydrogens (tertiary/aromatic N) is 3. The van der Waals surface area contributed by atoms with Crippen LogP contribution in [0.15, 0.2) is 60.9 Å². The summed E-state index contributed by atoms with van der Waals surface area (Å²) in [6.07, 6.45) is 8.10. The van der Waals surface area contributed by atoms with E-state index in [0.717, 1.165) is 5.56 Å². The van der Waals surface area contributed by atoms with Gasteiger partial charge < -0.3 is 4.57 Å². The van der Waals surface area contributed by atoms with Crippen molar-refractivity contribution < 1.29 is 19.6 Å². The van der Waals surface area contributed by atoms with Crippen LogP contribution < -0.4 is 5.48 Å². The zero-order valence-corrected chi connectivity index (χ0v) is 21.1. The monoisotopic (exact) mass is 482 g/mol. The van der Waals surface area contributed by atoms with Gasteiger partial charge in [0.05, 0.1) is 0 Å². The molecule has 1 aromatic heterocycles. The number of benzene rings is 1. The summed E-state index contributed by atoms with van der Waals surface area (Å²) in [5.74, 6) is -1.07. The minimum absolute atomic E-state index is 0.0288. The van der Waals surface area contributed by atoms with Gasteiger partial charge in [0.25, 0.3) is 11.8 Å². The molecule has 2 rings (SSSR count). The van der Waals surface area contributed by atoms with Gasteiger partial charge in [-0.15, -0.1) is 0 Å². The second kappa shape index (κ2) is 14.1. The lowest BCUT2D eigenvalue weighted by Crippen LogP contribution is -2.60. The van der Waals surface area contributed by atoms with Crippen molar-refractivity contribution in [2.24, 2.45) is 11.8 Å². The molecule has 0 fully saturated rings. The molecule has 0 aliphatic heterocycles. The SMILES string of the molecule is CC(C)CCC(=O)N([C@@H](CC=Cc1ccccc1)C(=O)NO)N(CC(C)C)C(=O)Cn1cccc1. The first-order chi connectivity index (χ1) is 16.7. The van der Waals surface area contributed by atoms with Crippen LogP contribution in [0.3, 0.4) is 0 Å². The number of carbonyl (C=O) groups is 3. The highest BCUT2D eigenvalue weighted by Crippen LogP contribution is 2.18. The molecule has 0 aliphatic rings. The smallest absolute Gasteiger partial charge is 0.268 e. The van der Waals surface area contributed by atoms with E-state index in [1.165, 1.54) is 10.0 Å². The largest absolute Gasteiger partial charge is 0.345 e. The third-order valence-corrected chi connectivity index (χ3v) is 5.44. The Labute approximate surface area is 208 Å². The molecule has 190 valence electrons.